The van der Waals surface area contributed by atoms with Crippen molar-refractivity contribution in [2.75, 3.05) is 0 Å². The molecule has 0 amide bonds. The Kier molecular flexibility index (Phi) is 2.95. The summed E-state index contributed by atoms with van der Waals surface area (Å²) in [5.41, 5.74) is 0. The summed E-state index contributed by atoms with van der Waals surface area (Å²) in [6, 6.07) is 0. The molecule has 0 spiro atoms. The van der Waals surface area contributed by atoms with Gasteiger partial charge in [-0.2, -0.15) is 0 Å². The quantitative estimate of drug-likeness (QED) is 0.292. The van der Waals surface area contributed by atoms with Crippen molar-refractivity contribution in [1.82, 2.24) is 0 Å². The lowest BCUT2D eigenvalue weighted by Crippen LogP contribution is -2.10. The van der Waals surface area contributed by atoms with Crippen LogP contribution in [0.1, 0.15) is 13.8 Å². The Labute approximate surface area is 46.9 Å². The number of hydrogen-bond donors (Lipinski definition) is 0. The molecule has 0 aliphatic rings. The van der Waals surface area contributed by atoms with E-state index >= 15 is 0 Å². The fourth-order valence-electron chi connectivity index (χ4n) is 0.212. The monoisotopic (exact) mass is 119 g/mol. The summed E-state index contributed by atoms with van der Waals surface area (Å²) in [5, 5.41) is 9.19. The standard InChI is InChI=1S/C4H7O4/c1-3(2)7-4(5)8-6/h3H,1-2H3. The molecule has 0 aliphatic carbocycles. The van der Waals surface area contributed by atoms with Crippen molar-refractivity contribution in [2.24, 2.45) is 0 Å². The third kappa shape index (κ3) is 3.42. The van der Waals surface area contributed by atoms with E-state index < -0.39 is 6.16 Å². The van der Waals surface area contributed by atoms with Gasteiger partial charge in [0.05, 0.1) is 6.10 Å². The molecule has 8 heavy (non-hydrogen) atoms. The van der Waals surface area contributed by atoms with Crippen molar-refractivity contribution in [3.8, 4) is 0 Å². The van der Waals surface area contributed by atoms with Gasteiger partial charge in [0.2, 0.25) is 0 Å². The molecule has 0 aromatic heterocycles. The molecule has 0 heterocycles. The number of rotatable bonds is 1. The molecule has 1 radical (unpaired) electrons. The molecule has 0 bridgehead atoms. The average molecular weight is 119 g/mol. The second-order valence-electron chi connectivity index (χ2n) is 1.50. The summed E-state index contributed by atoms with van der Waals surface area (Å²) in [5.74, 6) is 0. The number of ether oxygens (including phenoxy) is 1. The normalized spacial score (nSPS) is 9.00. The van der Waals surface area contributed by atoms with E-state index in [1.54, 1.807) is 13.8 Å². The van der Waals surface area contributed by atoms with Crippen molar-refractivity contribution in [2.45, 2.75) is 20.0 Å². The van der Waals surface area contributed by atoms with E-state index in [1.807, 2.05) is 0 Å². The molecule has 0 N–H and O–H groups in total. The van der Waals surface area contributed by atoms with Crippen LogP contribution in [0, 0.1) is 0 Å². The third-order valence-electron chi connectivity index (χ3n) is 0.400. The number of hydrogen-bond acceptors (Lipinski definition) is 3. The van der Waals surface area contributed by atoms with Gasteiger partial charge < -0.3 is 4.74 Å². The van der Waals surface area contributed by atoms with Gasteiger partial charge in [0.1, 0.15) is 0 Å². The predicted molar refractivity (Wildman–Crippen MR) is 23.4 cm³/mol. The van der Waals surface area contributed by atoms with Gasteiger partial charge in [-0.15, -0.1) is 0 Å². The Hall–Kier alpha value is -0.770. The molecule has 47 valence electrons. The predicted octanol–water partition coefficient (Wildman–Crippen LogP) is 0.893. The fourth-order valence-corrected chi connectivity index (χ4v) is 0.212. The highest BCUT2D eigenvalue weighted by Gasteiger charge is 2.04. The van der Waals surface area contributed by atoms with Crippen LogP contribution >= 0.6 is 0 Å². The van der Waals surface area contributed by atoms with Crippen LogP contribution in [0.5, 0.6) is 0 Å². The minimum absolute atomic E-state index is 0.295. The van der Waals surface area contributed by atoms with Crippen LogP contribution in [0.4, 0.5) is 4.79 Å². The van der Waals surface area contributed by atoms with Gasteiger partial charge in [0.15, 0.2) is 0 Å². The van der Waals surface area contributed by atoms with Crippen LogP contribution in [0.3, 0.4) is 0 Å². The molecule has 0 rings (SSSR count). The molecule has 0 aromatic rings. The molecular weight excluding hydrogens is 112 g/mol. The molecule has 0 saturated carbocycles. The van der Waals surface area contributed by atoms with Crippen molar-refractivity contribution in [3.05, 3.63) is 0 Å². The van der Waals surface area contributed by atoms with Gasteiger partial charge in [-0.1, -0.05) is 0 Å². The lowest BCUT2D eigenvalue weighted by molar-refractivity contribution is -0.262. The Morgan fingerprint density at radius 2 is 2.00 bits per heavy atom. The van der Waals surface area contributed by atoms with E-state index in [2.05, 4.69) is 9.62 Å². The van der Waals surface area contributed by atoms with Gasteiger partial charge in [0, 0.05) is 5.26 Å². The molecule has 0 atom stereocenters. The second-order valence-corrected chi connectivity index (χ2v) is 1.50. The molecule has 0 unspecified atom stereocenters. The summed E-state index contributed by atoms with van der Waals surface area (Å²) in [7, 11) is 0. The van der Waals surface area contributed by atoms with Gasteiger partial charge in [-0.25, -0.2) is 9.68 Å². The van der Waals surface area contributed by atoms with Gasteiger partial charge in [0.25, 0.3) is 0 Å². The molecule has 0 aromatic carbocycles. The fraction of sp³-hybridized carbons (Fsp3) is 0.750. The second kappa shape index (κ2) is 3.26. The van der Waals surface area contributed by atoms with Gasteiger partial charge in [-0.3, -0.25) is 0 Å². The van der Waals surface area contributed by atoms with Crippen molar-refractivity contribution in [1.29, 1.82) is 0 Å². The first kappa shape index (κ1) is 7.23. The maximum atomic E-state index is 9.87. The Morgan fingerprint density at radius 1 is 1.50 bits per heavy atom. The Morgan fingerprint density at radius 3 is 2.12 bits per heavy atom. The van der Waals surface area contributed by atoms with Gasteiger partial charge in [-0.05, 0) is 13.8 Å². The zero-order valence-corrected chi connectivity index (χ0v) is 4.71. The molecule has 0 aliphatic heterocycles. The maximum absolute atomic E-state index is 9.87. The van der Waals surface area contributed by atoms with Crippen LogP contribution in [-0.4, -0.2) is 12.3 Å². The highest BCUT2D eigenvalue weighted by atomic mass is 17.1. The van der Waals surface area contributed by atoms with Crippen molar-refractivity contribution in [3.63, 3.8) is 0 Å². The minimum Gasteiger partial charge on any atom is -0.430 e. The van der Waals surface area contributed by atoms with Crippen LogP contribution in [-0.2, 0) is 14.9 Å². The molecule has 0 saturated heterocycles. The van der Waals surface area contributed by atoms with E-state index in [9.17, 15) is 10.1 Å². The maximum Gasteiger partial charge on any atom is 0.542 e. The van der Waals surface area contributed by atoms with E-state index in [0.717, 1.165) is 0 Å². The zero-order valence-electron chi connectivity index (χ0n) is 4.71. The van der Waals surface area contributed by atoms with E-state index in [0.29, 0.717) is 0 Å². The SMILES string of the molecule is CC(C)OC(=O)O[O]. The Bertz CT molecular complexity index is 78.1. The van der Waals surface area contributed by atoms with Crippen LogP contribution < -0.4 is 0 Å². The van der Waals surface area contributed by atoms with Crippen molar-refractivity contribution < 1.29 is 19.7 Å². The van der Waals surface area contributed by atoms with E-state index in [1.165, 1.54) is 0 Å². The van der Waals surface area contributed by atoms with E-state index in [4.69, 9.17) is 0 Å². The van der Waals surface area contributed by atoms with Crippen LogP contribution in [0.25, 0.3) is 0 Å². The van der Waals surface area contributed by atoms with Crippen molar-refractivity contribution >= 4 is 6.16 Å². The summed E-state index contributed by atoms with van der Waals surface area (Å²) in [6.07, 6.45) is -1.48. The highest BCUT2D eigenvalue weighted by molar-refractivity contribution is 5.58. The first-order valence-corrected chi connectivity index (χ1v) is 2.17. The van der Waals surface area contributed by atoms with E-state index in [-0.39, 0.29) is 6.10 Å². The topological polar surface area (TPSA) is 55.4 Å². The summed E-state index contributed by atoms with van der Waals surface area (Å²) in [4.78, 5) is 12.8. The molecule has 4 heteroatoms. The third-order valence-corrected chi connectivity index (χ3v) is 0.400. The minimum atomic E-state index is -1.18. The number of carbonyl (C=O) groups excluding carboxylic acids is 1. The summed E-state index contributed by atoms with van der Waals surface area (Å²) < 4.78 is 4.23. The molecular formula is C4H7O4. The smallest absolute Gasteiger partial charge is 0.430 e. The first-order chi connectivity index (χ1) is 3.66. The van der Waals surface area contributed by atoms with Crippen LogP contribution in [0.15, 0.2) is 0 Å². The number of carbonyl (C=O) groups is 1. The average Bonchev–Trinajstić information content (AvgIpc) is 1.65. The summed E-state index contributed by atoms with van der Waals surface area (Å²) in [6.45, 7) is 3.24. The zero-order chi connectivity index (χ0) is 6.57. The largest absolute Gasteiger partial charge is 0.542 e. The molecule has 4 nitrogen and oxygen atoms in total. The van der Waals surface area contributed by atoms with Gasteiger partial charge >= 0.3 is 6.16 Å². The van der Waals surface area contributed by atoms with Crippen LogP contribution in [0.2, 0.25) is 0 Å². The highest BCUT2D eigenvalue weighted by Crippen LogP contribution is 1.89. The first-order valence-electron chi connectivity index (χ1n) is 2.17. The summed E-state index contributed by atoms with van der Waals surface area (Å²) >= 11 is 0. The lowest BCUT2D eigenvalue weighted by Gasteiger charge is -2.01. The lowest BCUT2D eigenvalue weighted by atomic mass is 10.5. The molecule has 0 fully saturated rings. The Balaban J connectivity index is 3.25.